The van der Waals surface area contributed by atoms with Crippen LogP contribution in [0.25, 0.3) is 0 Å². The number of ether oxygens (including phenoxy) is 1. The summed E-state index contributed by atoms with van der Waals surface area (Å²) >= 11 is 0. The first kappa shape index (κ1) is 15.0. The molecule has 0 aliphatic carbocycles. The van der Waals surface area contributed by atoms with Crippen molar-refractivity contribution in [1.29, 1.82) is 0 Å². The molecule has 0 saturated heterocycles. The highest BCUT2D eigenvalue weighted by Gasteiger charge is 2.09. The van der Waals surface area contributed by atoms with Gasteiger partial charge in [-0.15, -0.1) is 0 Å². The van der Waals surface area contributed by atoms with Crippen LogP contribution in [0, 0.1) is 10.1 Å². The molecule has 0 fully saturated rings. The van der Waals surface area contributed by atoms with Crippen LogP contribution in [-0.4, -0.2) is 25.2 Å². The molecule has 0 spiro atoms. The molecule has 5 heteroatoms. The number of anilines is 1. The molecule has 0 bridgehead atoms. The Kier molecular flexibility index (Phi) is 5.29. The van der Waals surface area contributed by atoms with Crippen molar-refractivity contribution in [2.24, 2.45) is 0 Å². The van der Waals surface area contributed by atoms with E-state index in [1.54, 1.807) is 19.2 Å². The molecule has 0 unspecified atom stereocenters. The summed E-state index contributed by atoms with van der Waals surface area (Å²) in [4.78, 5) is 12.5. The molecule has 2 rings (SSSR count). The van der Waals surface area contributed by atoms with E-state index in [1.165, 1.54) is 12.1 Å². The van der Waals surface area contributed by atoms with Crippen LogP contribution in [0.3, 0.4) is 0 Å². The number of nitro benzene ring substituents is 1. The third-order valence-electron chi connectivity index (χ3n) is 3.21. The Morgan fingerprint density at radius 1 is 1.10 bits per heavy atom. The lowest BCUT2D eigenvalue weighted by molar-refractivity contribution is -0.384. The number of para-hydroxylation sites is 1. The SMILES string of the molecule is COCCN(Cc1ccc([N+](=O)[O-])cc1)c1ccccc1. The fraction of sp³-hybridized carbons (Fsp3) is 0.250. The fourth-order valence-corrected chi connectivity index (χ4v) is 2.08. The van der Waals surface area contributed by atoms with E-state index in [0.29, 0.717) is 13.2 Å². The molecule has 0 aromatic heterocycles. The summed E-state index contributed by atoms with van der Waals surface area (Å²) < 4.78 is 5.15. The number of nitro groups is 1. The zero-order chi connectivity index (χ0) is 15.1. The van der Waals surface area contributed by atoms with E-state index in [9.17, 15) is 10.1 Å². The lowest BCUT2D eigenvalue weighted by Crippen LogP contribution is -2.26. The number of hydrogen-bond acceptors (Lipinski definition) is 4. The summed E-state index contributed by atoms with van der Waals surface area (Å²) in [6, 6.07) is 16.7. The number of nitrogens with zero attached hydrogens (tertiary/aromatic N) is 2. The maximum absolute atomic E-state index is 10.7. The van der Waals surface area contributed by atoms with E-state index >= 15 is 0 Å². The topological polar surface area (TPSA) is 55.6 Å². The van der Waals surface area contributed by atoms with Gasteiger partial charge >= 0.3 is 0 Å². The minimum absolute atomic E-state index is 0.113. The molecule has 2 aromatic carbocycles. The van der Waals surface area contributed by atoms with Gasteiger partial charge in [-0.25, -0.2) is 0 Å². The highest BCUT2D eigenvalue weighted by molar-refractivity contribution is 5.47. The summed E-state index contributed by atoms with van der Waals surface area (Å²) in [5, 5.41) is 10.7. The van der Waals surface area contributed by atoms with Gasteiger partial charge in [-0.3, -0.25) is 10.1 Å². The second-order valence-electron chi connectivity index (χ2n) is 4.67. The molecule has 0 atom stereocenters. The number of non-ortho nitro benzene ring substituents is 1. The molecule has 0 heterocycles. The first-order valence-electron chi connectivity index (χ1n) is 6.73. The lowest BCUT2D eigenvalue weighted by atomic mass is 10.2. The minimum Gasteiger partial charge on any atom is -0.383 e. The van der Waals surface area contributed by atoms with Gasteiger partial charge in [-0.05, 0) is 17.7 Å². The van der Waals surface area contributed by atoms with Gasteiger partial charge in [0.2, 0.25) is 0 Å². The van der Waals surface area contributed by atoms with Crippen molar-refractivity contribution in [1.82, 2.24) is 0 Å². The van der Waals surface area contributed by atoms with Gasteiger partial charge in [0.1, 0.15) is 0 Å². The Morgan fingerprint density at radius 2 is 1.76 bits per heavy atom. The zero-order valence-corrected chi connectivity index (χ0v) is 11.9. The molecule has 0 saturated carbocycles. The molecule has 0 aliphatic rings. The van der Waals surface area contributed by atoms with E-state index in [-0.39, 0.29) is 10.6 Å². The van der Waals surface area contributed by atoms with Gasteiger partial charge in [0.15, 0.2) is 0 Å². The molecule has 110 valence electrons. The largest absolute Gasteiger partial charge is 0.383 e. The molecule has 0 N–H and O–H groups in total. The molecule has 0 radical (unpaired) electrons. The van der Waals surface area contributed by atoms with Crippen LogP contribution >= 0.6 is 0 Å². The zero-order valence-electron chi connectivity index (χ0n) is 11.9. The molecular weight excluding hydrogens is 268 g/mol. The van der Waals surface area contributed by atoms with Crippen LogP contribution in [0.4, 0.5) is 11.4 Å². The van der Waals surface area contributed by atoms with Gasteiger partial charge < -0.3 is 9.64 Å². The molecule has 0 amide bonds. The van der Waals surface area contributed by atoms with Crippen LogP contribution in [0.5, 0.6) is 0 Å². The molecule has 5 nitrogen and oxygen atoms in total. The minimum atomic E-state index is -0.385. The monoisotopic (exact) mass is 286 g/mol. The molecule has 0 aliphatic heterocycles. The van der Waals surface area contributed by atoms with E-state index in [2.05, 4.69) is 4.90 Å². The van der Waals surface area contributed by atoms with Gasteiger partial charge in [0.05, 0.1) is 11.5 Å². The standard InChI is InChI=1S/C16H18N2O3/c1-21-12-11-17(15-5-3-2-4-6-15)13-14-7-9-16(10-8-14)18(19)20/h2-10H,11-13H2,1H3. The van der Waals surface area contributed by atoms with Crippen LogP contribution in [-0.2, 0) is 11.3 Å². The number of hydrogen-bond donors (Lipinski definition) is 0. The number of rotatable bonds is 7. The van der Waals surface area contributed by atoms with Crippen molar-refractivity contribution in [3.05, 3.63) is 70.3 Å². The summed E-state index contributed by atoms with van der Waals surface area (Å²) in [6.45, 7) is 2.07. The van der Waals surface area contributed by atoms with Crippen molar-refractivity contribution < 1.29 is 9.66 Å². The Hall–Kier alpha value is -2.40. The smallest absolute Gasteiger partial charge is 0.269 e. The second-order valence-corrected chi connectivity index (χ2v) is 4.67. The fourth-order valence-electron chi connectivity index (χ4n) is 2.08. The molecule has 2 aromatic rings. The van der Waals surface area contributed by atoms with Crippen LogP contribution in [0.2, 0.25) is 0 Å². The average Bonchev–Trinajstić information content (AvgIpc) is 2.52. The maximum atomic E-state index is 10.7. The van der Waals surface area contributed by atoms with Gasteiger partial charge in [-0.2, -0.15) is 0 Å². The molecule has 21 heavy (non-hydrogen) atoms. The summed E-state index contributed by atoms with van der Waals surface area (Å²) in [5.74, 6) is 0. The Bertz CT molecular complexity index is 570. The van der Waals surface area contributed by atoms with Crippen molar-refractivity contribution in [3.63, 3.8) is 0 Å². The Labute approximate surface area is 123 Å². The van der Waals surface area contributed by atoms with Crippen LogP contribution in [0.1, 0.15) is 5.56 Å². The lowest BCUT2D eigenvalue weighted by Gasteiger charge is -2.24. The maximum Gasteiger partial charge on any atom is 0.269 e. The Balaban J connectivity index is 2.12. The second kappa shape index (κ2) is 7.40. The normalized spacial score (nSPS) is 10.3. The van der Waals surface area contributed by atoms with Crippen molar-refractivity contribution >= 4 is 11.4 Å². The van der Waals surface area contributed by atoms with E-state index in [0.717, 1.165) is 17.8 Å². The summed E-state index contributed by atoms with van der Waals surface area (Å²) in [7, 11) is 1.68. The summed E-state index contributed by atoms with van der Waals surface area (Å²) in [5.41, 5.74) is 2.25. The van der Waals surface area contributed by atoms with Gasteiger partial charge in [0, 0.05) is 38.0 Å². The molecular formula is C16H18N2O3. The first-order chi connectivity index (χ1) is 10.2. The predicted octanol–water partition coefficient (Wildman–Crippen LogP) is 3.25. The van der Waals surface area contributed by atoms with E-state index < -0.39 is 0 Å². The predicted molar refractivity (Wildman–Crippen MR) is 82.5 cm³/mol. The van der Waals surface area contributed by atoms with Gasteiger partial charge in [0.25, 0.3) is 5.69 Å². The average molecular weight is 286 g/mol. The highest BCUT2D eigenvalue weighted by Crippen LogP contribution is 2.18. The van der Waals surface area contributed by atoms with Crippen molar-refractivity contribution in [2.75, 3.05) is 25.2 Å². The first-order valence-corrected chi connectivity index (χ1v) is 6.73. The van der Waals surface area contributed by atoms with Crippen molar-refractivity contribution in [2.45, 2.75) is 6.54 Å². The highest BCUT2D eigenvalue weighted by atomic mass is 16.6. The van der Waals surface area contributed by atoms with E-state index in [1.807, 2.05) is 30.3 Å². The van der Waals surface area contributed by atoms with Crippen LogP contribution in [0.15, 0.2) is 54.6 Å². The number of methoxy groups -OCH3 is 1. The van der Waals surface area contributed by atoms with E-state index in [4.69, 9.17) is 4.74 Å². The van der Waals surface area contributed by atoms with Crippen molar-refractivity contribution in [3.8, 4) is 0 Å². The van der Waals surface area contributed by atoms with Crippen LogP contribution < -0.4 is 4.90 Å². The number of benzene rings is 2. The third kappa shape index (κ3) is 4.29. The van der Waals surface area contributed by atoms with Gasteiger partial charge in [-0.1, -0.05) is 30.3 Å². The quantitative estimate of drug-likeness (QED) is 0.579. The third-order valence-corrected chi connectivity index (χ3v) is 3.21. The Morgan fingerprint density at radius 3 is 2.33 bits per heavy atom. The summed E-state index contributed by atoms with van der Waals surface area (Å²) in [6.07, 6.45) is 0.